The van der Waals surface area contributed by atoms with Crippen molar-refractivity contribution in [1.82, 2.24) is 24.5 Å². The number of carbonyl (C=O) groups is 1. The summed E-state index contributed by atoms with van der Waals surface area (Å²) < 4.78 is 14.5. The van der Waals surface area contributed by atoms with Crippen molar-refractivity contribution in [2.24, 2.45) is 18.9 Å². The molecule has 7 rings (SSSR count). The van der Waals surface area contributed by atoms with Crippen molar-refractivity contribution in [2.75, 3.05) is 29.9 Å². The van der Waals surface area contributed by atoms with Crippen molar-refractivity contribution in [2.45, 2.75) is 33.1 Å². The predicted octanol–water partition coefficient (Wildman–Crippen LogP) is 6.52. The lowest BCUT2D eigenvalue weighted by Crippen LogP contribution is -2.41. The summed E-state index contributed by atoms with van der Waals surface area (Å²) in [5.74, 6) is 4.70. The van der Waals surface area contributed by atoms with E-state index in [9.17, 15) is 4.79 Å². The molecule has 0 radical (unpaired) electrons. The molecule has 0 amide bonds. The van der Waals surface area contributed by atoms with Crippen LogP contribution in [-0.4, -0.2) is 50.0 Å². The molecule has 2 aliphatic rings. The van der Waals surface area contributed by atoms with Crippen LogP contribution < -0.4 is 19.7 Å². The van der Waals surface area contributed by atoms with Gasteiger partial charge < -0.3 is 24.3 Å². The van der Waals surface area contributed by atoms with Gasteiger partial charge in [0.05, 0.1) is 29.5 Å². The average molecular weight is 590 g/mol. The first-order valence-electron chi connectivity index (χ1n) is 15.1. The number of pyridine rings is 1. The second-order valence-corrected chi connectivity index (χ2v) is 11.7. The molecule has 1 fully saturated rings. The van der Waals surface area contributed by atoms with Gasteiger partial charge in [-0.2, -0.15) is 0 Å². The SMILES string of the molecule is C/C=C/C(=O)CCC1CCN2C[C@H]1COc1cc3ncnc(Nc4ccc(Oc5ccc6c(c5)ncn6C)c(C)c4)c3nc12. The number of ether oxygens (including phenoxy) is 2. The minimum absolute atomic E-state index is 0.194. The number of benzene rings is 2. The minimum atomic E-state index is 0.194. The van der Waals surface area contributed by atoms with E-state index >= 15 is 0 Å². The third-order valence-electron chi connectivity index (χ3n) is 8.68. The zero-order valence-corrected chi connectivity index (χ0v) is 25.2. The third kappa shape index (κ3) is 5.43. The molecule has 10 heteroatoms. The summed E-state index contributed by atoms with van der Waals surface area (Å²) in [6.45, 7) is 6.24. The highest BCUT2D eigenvalue weighted by Gasteiger charge is 2.34. The fraction of sp³-hybridized carbons (Fsp3) is 0.324. The van der Waals surface area contributed by atoms with Crippen molar-refractivity contribution >= 4 is 45.2 Å². The van der Waals surface area contributed by atoms with E-state index in [1.807, 2.05) is 74.0 Å². The number of anilines is 3. The maximum Gasteiger partial charge on any atom is 0.172 e. The molecule has 5 heterocycles. The smallest absolute Gasteiger partial charge is 0.172 e. The van der Waals surface area contributed by atoms with Crippen LogP contribution in [0.4, 0.5) is 17.3 Å². The van der Waals surface area contributed by atoms with Gasteiger partial charge >= 0.3 is 0 Å². The number of aromatic nitrogens is 5. The molecular formula is C34H35N7O3. The number of rotatable bonds is 8. The van der Waals surface area contributed by atoms with Crippen LogP contribution in [0.5, 0.6) is 17.2 Å². The van der Waals surface area contributed by atoms with Gasteiger partial charge in [-0.1, -0.05) is 6.08 Å². The Hall–Kier alpha value is -4.99. The Morgan fingerprint density at radius 2 is 2.05 bits per heavy atom. The van der Waals surface area contributed by atoms with E-state index in [4.69, 9.17) is 14.5 Å². The maximum absolute atomic E-state index is 12.1. The average Bonchev–Trinajstić information content (AvgIpc) is 3.33. The second kappa shape index (κ2) is 11.6. The van der Waals surface area contributed by atoms with Crippen LogP contribution in [0, 0.1) is 18.8 Å². The van der Waals surface area contributed by atoms with Gasteiger partial charge in [-0.15, -0.1) is 0 Å². The standard InChI is InChI=1S/C34H35N7O3/c1-4-5-25(42)8-6-22-12-13-41-17-23(22)18-43-31-16-28-32(39-34(31)41)33(36-19-35-28)38-24-7-11-30(21(2)14-24)44-26-9-10-29-27(15-26)37-20-40(29)3/h4-5,7,9-11,14-16,19-20,22-23H,6,8,12-13,17-18H2,1-3H3,(H,35,36,38)/b5-4+/t22?,23-/m0/s1. The summed E-state index contributed by atoms with van der Waals surface area (Å²) in [4.78, 5) is 32.9. The lowest BCUT2D eigenvalue weighted by molar-refractivity contribution is -0.115. The number of aryl methyl sites for hydroxylation is 2. The molecule has 224 valence electrons. The molecule has 44 heavy (non-hydrogen) atoms. The summed E-state index contributed by atoms with van der Waals surface area (Å²) in [5, 5.41) is 3.45. The van der Waals surface area contributed by atoms with Crippen LogP contribution in [0.1, 0.15) is 31.7 Å². The van der Waals surface area contributed by atoms with Crippen molar-refractivity contribution < 1.29 is 14.3 Å². The highest BCUT2D eigenvalue weighted by atomic mass is 16.5. The molecule has 3 aromatic heterocycles. The second-order valence-electron chi connectivity index (χ2n) is 11.7. The Bertz CT molecular complexity index is 1900. The van der Waals surface area contributed by atoms with E-state index in [1.54, 1.807) is 18.7 Å². The van der Waals surface area contributed by atoms with Crippen LogP contribution in [0.25, 0.3) is 22.1 Å². The van der Waals surface area contributed by atoms with Crippen LogP contribution in [0.15, 0.2) is 67.3 Å². The quantitative estimate of drug-likeness (QED) is 0.203. The van der Waals surface area contributed by atoms with Crippen LogP contribution in [-0.2, 0) is 11.8 Å². The zero-order chi connectivity index (χ0) is 30.2. The number of fused-ring (bicyclic) bond motifs is 6. The first-order valence-corrected chi connectivity index (χ1v) is 15.1. The number of nitrogens with zero attached hydrogens (tertiary/aromatic N) is 6. The zero-order valence-electron chi connectivity index (χ0n) is 25.2. The molecule has 2 aliphatic heterocycles. The van der Waals surface area contributed by atoms with E-state index in [0.717, 1.165) is 71.3 Å². The first-order chi connectivity index (χ1) is 21.4. The highest BCUT2D eigenvalue weighted by Crippen LogP contribution is 2.40. The van der Waals surface area contributed by atoms with Gasteiger partial charge in [0.15, 0.2) is 23.2 Å². The van der Waals surface area contributed by atoms with Gasteiger partial charge in [-0.3, -0.25) is 4.79 Å². The molecule has 2 atom stereocenters. The molecule has 0 spiro atoms. The van der Waals surface area contributed by atoms with Gasteiger partial charge in [0.2, 0.25) is 0 Å². The molecule has 2 aromatic carbocycles. The van der Waals surface area contributed by atoms with E-state index in [-0.39, 0.29) is 5.78 Å². The molecule has 1 N–H and O–H groups in total. The number of nitrogens with one attached hydrogen (secondary N) is 1. The summed E-state index contributed by atoms with van der Waals surface area (Å²) in [7, 11) is 1.98. The molecule has 5 aromatic rings. The molecule has 2 bridgehead atoms. The number of hydrogen-bond donors (Lipinski definition) is 1. The van der Waals surface area contributed by atoms with E-state index in [2.05, 4.69) is 25.2 Å². The molecule has 0 saturated carbocycles. The van der Waals surface area contributed by atoms with Gasteiger partial charge in [0.25, 0.3) is 0 Å². The Morgan fingerprint density at radius 3 is 2.91 bits per heavy atom. The lowest BCUT2D eigenvalue weighted by Gasteiger charge is -2.36. The number of piperidine rings is 1. The summed E-state index contributed by atoms with van der Waals surface area (Å²) >= 11 is 0. The number of ketones is 1. The van der Waals surface area contributed by atoms with Crippen molar-refractivity contribution in [1.29, 1.82) is 0 Å². The van der Waals surface area contributed by atoms with Gasteiger partial charge in [-0.25, -0.2) is 19.9 Å². The van der Waals surface area contributed by atoms with Crippen molar-refractivity contribution in [3.63, 3.8) is 0 Å². The summed E-state index contributed by atoms with van der Waals surface area (Å²) in [6.07, 6.45) is 9.31. The van der Waals surface area contributed by atoms with Crippen LogP contribution >= 0.6 is 0 Å². The van der Waals surface area contributed by atoms with Crippen molar-refractivity contribution in [3.05, 3.63) is 72.8 Å². The van der Waals surface area contributed by atoms with Gasteiger partial charge in [0, 0.05) is 50.3 Å². The fourth-order valence-electron chi connectivity index (χ4n) is 6.30. The lowest BCUT2D eigenvalue weighted by atomic mass is 9.82. The van der Waals surface area contributed by atoms with E-state index in [0.29, 0.717) is 41.7 Å². The number of imidazole rings is 1. The number of hydrogen-bond acceptors (Lipinski definition) is 9. The molecule has 1 unspecified atom stereocenters. The highest BCUT2D eigenvalue weighted by molar-refractivity contribution is 5.90. The Morgan fingerprint density at radius 1 is 1.14 bits per heavy atom. The van der Waals surface area contributed by atoms with Crippen molar-refractivity contribution in [3.8, 4) is 17.2 Å². The Balaban J connectivity index is 1.09. The van der Waals surface area contributed by atoms with Gasteiger partial charge in [0.1, 0.15) is 23.3 Å². The van der Waals surface area contributed by atoms with E-state index in [1.165, 1.54) is 0 Å². The number of allylic oxidation sites excluding steroid dienone is 2. The third-order valence-corrected chi connectivity index (χ3v) is 8.68. The normalized spacial score (nSPS) is 17.8. The predicted molar refractivity (Wildman–Crippen MR) is 171 cm³/mol. The summed E-state index contributed by atoms with van der Waals surface area (Å²) in [5.41, 5.74) is 5.20. The van der Waals surface area contributed by atoms with Crippen LogP contribution in [0.2, 0.25) is 0 Å². The molecule has 0 aliphatic carbocycles. The number of carbonyl (C=O) groups excluding carboxylic acids is 1. The molecular weight excluding hydrogens is 554 g/mol. The van der Waals surface area contributed by atoms with E-state index < -0.39 is 0 Å². The van der Waals surface area contributed by atoms with Gasteiger partial charge in [-0.05, 0) is 74.6 Å². The molecule has 10 nitrogen and oxygen atoms in total. The Labute approximate surface area is 255 Å². The summed E-state index contributed by atoms with van der Waals surface area (Å²) in [6, 6.07) is 13.8. The first kappa shape index (κ1) is 27.8. The Kier molecular flexibility index (Phi) is 7.33. The maximum atomic E-state index is 12.1. The molecule has 1 saturated heterocycles. The topological polar surface area (TPSA) is 107 Å². The fourth-order valence-corrected chi connectivity index (χ4v) is 6.30. The largest absolute Gasteiger partial charge is 0.489 e. The minimum Gasteiger partial charge on any atom is -0.489 e. The monoisotopic (exact) mass is 589 g/mol. The van der Waals surface area contributed by atoms with Crippen LogP contribution in [0.3, 0.4) is 0 Å².